The van der Waals surface area contributed by atoms with E-state index in [1.54, 1.807) is 13.2 Å². The Morgan fingerprint density at radius 1 is 1.18 bits per heavy atom. The van der Waals surface area contributed by atoms with E-state index in [1.807, 2.05) is 38.2 Å². The summed E-state index contributed by atoms with van der Waals surface area (Å²) in [6, 6.07) is 9.78. The summed E-state index contributed by atoms with van der Waals surface area (Å²) in [5.74, 6) is 1.98. The van der Waals surface area contributed by atoms with Crippen molar-refractivity contribution in [2.24, 2.45) is 0 Å². The van der Waals surface area contributed by atoms with E-state index in [9.17, 15) is 0 Å². The molecule has 0 aliphatic heterocycles. The first-order chi connectivity index (χ1) is 8.24. The lowest BCUT2D eigenvalue weighted by Crippen LogP contribution is -2.00. The van der Waals surface area contributed by atoms with Gasteiger partial charge in [-0.15, -0.1) is 0 Å². The summed E-state index contributed by atoms with van der Waals surface area (Å²) in [6.07, 6.45) is 0. The molecule has 0 fully saturated rings. The maximum Gasteiger partial charge on any atom is 0.218 e. The van der Waals surface area contributed by atoms with Crippen molar-refractivity contribution in [2.75, 3.05) is 19.5 Å². The molecule has 17 heavy (non-hydrogen) atoms. The maximum atomic E-state index is 5.17. The largest absolute Gasteiger partial charge is 0.481 e. The van der Waals surface area contributed by atoms with Gasteiger partial charge in [-0.2, -0.15) is 4.98 Å². The number of rotatable bonds is 3. The molecule has 0 atom stereocenters. The molecule has 0 amide bonds. The van der Waals surface area contributed by atoms with Crippen LogP contribution in [-0.2, 0) is 0 Å². The van der Waals surface area contributed by atoms with E-state index in [2.05, 4.69) is 15.3 Å². The van der Waals surface area contributed by atoms with Crippen molar-refractivity contribution in [2.45, 2.75) is 6.92 Å². The molecule has 0 radical (unpaired) electrons. The van der Waals surface area contributed by atoms with E-state index in [1.165, 1.54) is 0 Å². The third-order valence-electron chi connectivity index (χ3n) is 2.55. The van der Waals surface area contributed by atoms with Gasteiger partial charge in [-0.3, -0.25) is 0 Å². The van der Waals surface area contributed by atoms with Crippen molar-refractivity contribution >= 4 is 5.82 Å². The highest BCUT2D eigenvalue weighted by Gasteiger charge is 2.08. The number of hydrogen-bond donors (Lipinski definition) is 1. The topological polar surface area (TPSA) is 47.0 Å². The molecule has 0 unspecified atom stereocenters. The first kappa shape index (κ1) is 11.4. The minimum atomic E-state index is 0.558. The molecule has 0 saturated heterocycles. The standard InChI is InChI=1S/C13H15N3O/c1-9-6-4-5-7-10(9)13-15-11(14-2)8-12(16-13)17-3/h4-8H,1-3H3,(H,14,15,16). The van der Waals surface area contributed by atoms with E-state index in [4.69, 9.17) is 4.74 Å². The molecule has 0 aliphatic rings. The summed E-state index contributed by atoms with van der Waals surface area (Å²) in [7, 11) is 3.42. The first-order valence-corrected chi connectivity index (χ1v) is 5.41. The number of anilines is 1. The summed E-state index contributed by atoms with van der Waals surface area (Å²) in [4.78, 5) is 8.79. The van der Waals surface area contributed by atoms with Crippen LogP contribution in [-0.4, -0.2) is 24.1 Å². The fraction of sp³-hybridized carbons (Fsp3) is 0.231. The van der Waals surface area contributed by atoms with Gasteiger partial charge in [0.05, 0.1) is 7.11 Å². The van der Waals surface area contributed by atoms with Crippen LogP contribution in [0.4, 0.5) is 5.82 Å². The Hall–Kier alpha value is -2.10. The molecule has 1 aromatic heterocycles. The second-order valence-corrected chi connectivity index (χ2v) is 3.68. The molecular formula is C13H15N3O. The number of methoxy groups -OCH3 is 1. The zero-order valence-electron chi connectivity index (χ0n) is 10.2. The Morgan fingerprint density at radius 3 is 2.59 bits per heavy atom. The van der Waals surface area contributed by atoms with Gasteiger partial charge in [-0.1, -0.05) is 24.3 Å². The Labute approximate surface area is 101 Å². The summed E-state index contributed by atoms with van der Waals surface area (Å²) >= 11 is 0. The first-order valence-electron chi connectivity index (χ1n) is 5.41. The second-order valence-electron chi connectivity index (χ2n) is 3.68. The van der Waals surface area contributed by atoms with Gasteiger partial charge in [-0.25, -0.2) is 4.98 Å². The van der Waals surface area contributed by atoms with Gasteiger partial charge < -0.3 is 10.1 Å². The Balaban J connectivity index is 2.55. The lowest BCUT2D eigenvalue weighted by atomic mass is 10.1. The van der Waals surface area contributed by atoms with Crippen LogP contribution in [0.15, 0.2) is 30.3 Å². The van der Waals surface area contributed by atoms with Crippen LogP contribution in [0.25, 0.3) is 11.4 Å². The van der Waals surface area contributed by atoms with Gasteiger partial charge >= 0.3 is 0 Å². The zero-order valence-corrected chi connectivity index (χ0v) is 10.2. The van der Waals surface area contributed by atoms with Crippen molar-refractivity contribution in [3.63, 3.8) is 0 Å². The summed E-state index contributed by atoms with van der Waals surface area (Å²) < 4.78 is 5.17. The lowest BCUT2D eigenvalue weighted by Gasteiger charge is -2.08. The SMILES string of the molecule is CNc1cc(OC)nc(-c2ccccc2C)n1. The highest BCUT2D eigenvalue weighted by Crippen LogP contribution is 2.23. The molecule has 4 heteroatoms. The Morgan fingerprint density at radius 2 is 1.94 bits per heavy atom. The van der Waals surface area contributed by atoms with Gasteiger partial charge in [0.1, 0.15) is 5.82 Å². The fourth-order valence-corrected chi connectivity index (χ4v) is 1.60. The number of nitrogens with one attached hydrogen (secondary N) is 1. The van der Waals surface area contributed by atoms with Crippen molar-refractivity contribution in [1.29, 1.82) is 0 Å². The van der Waals surface area contributed by atoms with E-state index in [0.29, 0.717) is 11.7 Å². The highest BCUT2D eigenvalue weighted by molar-refractivity contribution is 5.62. The predicted molar refractivity (Wildman–Crippen MR) is 68.3 cm³/mol. The smallest absolute Gasteiger partial charge is 0.218 e. The molecular weight excluding hydrogens is 214 g/mol. The van der Waals surface area contributed by atoms with Crippen molar-refractivity contribution in [3.05, 3.63) is 35.9 Å². The monoisotopic (exact) mass is 229 g/mol. The maximum absolute atomic E-state index is 5.17. The molecule has 4 nitrogen and oxygen atoms in total. The summed E-state index contributed by atoms with van der Waals surface area (Å²) in [5, 5.41) is 3.00. The van der Waals surface area contributed by atoms with Crippen LogP contribution < -0.4 is 10.1 Å². The minimum absolute atomic E-state index is 0.558. The molecule has 1 heterocycles. The number of ether oxygens (including phenoxy) is 1. The molecule has 0 saturated carbocycles. The second kappa shape index (κ2) is 4.82. The molecule has 0 spiro atoms. The van der Waals surface area contributed by atoms with Crippen molar-refractivity contribution < 1.29 is 4.74 Å². The quantitative estimate of drug-likeness (QED) is 0.878. The zero-order chi connectivity index (χ0) is 12.3. The van der Waals surface area contributed by atoms with Gasteiger partial charge in [0, 0.05) is 18.7 Å². The minimum Gasteiger partial charge on any atom is -0.481 e. The third kappa shape index (κ3) is 2.36. The number of hydrogen-bond acceptors (Lipinski definition) is 4. The number of aryl methyl sites for hydroxylation is 1. The van der Waals surface area contributed by atoms with E-state index < -0.39 is 0 Å². The number of nitrogens with zero attached hydrogens (tertiary/aromatic N) is 2. The Kier molecular flexibility index (Phi) is 3.23. The third-order valence-corrected chi connectivity index (χ3v) is 2.55. The Bertz CT molecular complexity index is 504. The molecule has 0 bridgehead atoms. The lowest BCUT2D eigenvalue weighted by molar-refractivity contribution is 0.398. The van der Waals surface area contributed by atoms with E-state index in [0.717, 1.165) is 16.9 Å². The average molecular weight is 229 g/mol. The summed E-state index contributed by atoms with van der Waals surface area (Å²) in [5.41, 5.74) is 2.16. The van der Waals surface area contributed by atoms with Crippen molar-refractivity contribution in [3.8, 4) is 17.3 Å². The van der Waals surface area contributed by atoms with Crippen LogP contribution in [0.3, 0.4) is 0 Å². The molecule has 0 aliphatic carbocycles. The van der Waals surface area contributed by atoms with Crippen LogP contribution in [0.2, 0.25) is 0 Å². The fourth-order valence-electron chi connectivity index (χ4n) is 1.60. The van der Waals surface area contributed by atoms with Crippen LogP contribution in [0.5, 0.6) is 5.88 Å². The molecule has 1 aromatic carbocycles. The van der Waals surface area contributed by atoms with Gasteiger partial charge in [0.15, 0.2) is 5.82 Å². The van der Waals surface area contributed by atoms with Crippen molar-refractivity contribution in [1.82, 2.24) is 9.97 Å². The summed E-state index contributed by atoms with van der Waals surface area (Å²) in [6.45, 7) is 2.04. The predicted octanol–water partition coefficient (Wildman–Crippen LogP) is 2.50. The van der Waals surface area contributed by atoms with Gasteiger partial charge in [0.2, 0.25) is 5.88 Å². The van der Waals surface area contributed by atoms with E-state index in [-0.39, 0.29) is 0 Å². The van der Waals surface area contributed by atoms with Gasteiger partial charge in [-0.05, 0) is 12.5 Å². The van der Waals surface area contributed by atoms with Crippen LogP contribution >= 0.6 is 0 Å². The van der Waals surface area contributed by atoms with E-state index >= 15 is 0 Å². The van der Waals surface area contributed by atoms with Gasteiger partial charge in [0.25, 0.3) is 0 Å². The van der Waals surface area contributed by atoms with Crippen LogP contribution in [0.1, 0.15) is 5.56 Å². The average Bonchev–Trinajstić information content (AvgIpc) is 2.38. The highest BCUT2D eigenvalue weighted by atomic mass is 16.5. The molecule has 2 rings (SSSR count). The molecule has 88 valence electrons. The molecule has 1 N–H and O–H groups in total. The van der Waals surface area contributed by atoms with Crippen LogP contribution in [0, 0.1) is 6.92 Å². The normalized spacial score (nSPS) is 10.1. The number of aromatic nitrogens is 2. The number of benzene rings is 1. The molecule has 2 aromatic rings.